The Labute approximate surface area is 117 Å². The van der Waals surface area contributed by atoms with E-state index >= 15 is 0 Å². The van der Waals surface area contributed by atoms with Gasteiger partial charge in [-0.15, -0.1) is 0 Å². The van der Waals surface area contributed by atoms with E-state index in [4.69, 9.17) is 16.7 Å². The van der Waals surface area contributed by atoms with Crippen LogP contribution in [0.4, 0.5) is 0 Å². The first-order valence-corrected chi connectivity index (χ1v) is 6.50. The van der Waals surface area contributed by atoms with Crippen LogP contribution in [0.1, 0.15) is 10.5 Å². The second-order valence-electron chi connectivity index (χ2n) is 4.02. The highest BCUT2D eigenvalue weighted by molar-refractivity contribution is 7.00. The highest BCUT2D eigenvalue weighted by atomic mass is 35.5. The van der Waals surface area contributed by atoms with Crippen molar-refractivity contribution < 1.29 is 9.90 Å². The third-order valence-corrected chi connectivity index (χ3v) is 3.83. The number of fused-ring (bicyclic) bond motifs is 1. The Balaban J connectivity index is 2.33. The Bertz CT molecular complexity index is 793. The van der Waals surface area contributed by atoms with Crippen molar-refractivity contribution in [2.45, 2.75) is 0 Å². The van der Waals surface area contributed by atoms with Crippen molar-refractivity contribution >= 4 is 40.3 Å². The Morgan fingerprint density at radius 2 is 2.11 bits per heavy atom. The van der Waals surface area contributed by atoms with Crippen LogP contribution < -0.4 is 0 Å². The molecule has 0 aliphatic carbocycles. The van der Waals surface area contributed by atoms with Crippen molar-refractivity contribution in [3.8, 4) is 11.3 Å². The molecule has 0 aliphatic rings. The molecule has 0 aliphatic heterocycles. The van der Waals surface area contributed by atoms with E-state index in [0.717, 1.165) is 17.2 Å². The predicted molar refractivity (Wildman–Crippen MR) is 73.8 cm³/mol. The number of carbonyl (C=O) groups is 1. The standard InChI is InChI=1S/C12H8ClN3O2S/c1-16-8(4-5-9(16)12(17)18)10-6(13)2-3-7-11(10)15-19-14-7/h2-5H,1H3,(H,17,18). The summed E-state index contributed by atoms with van der Waals surface area (Å²) in [5.41, 5.74) is 3.06. The fourth-order valence-corrected chi connectivity index (χ4v) is 2.84. The third kappa shape index (κ3) is 1.80. The quantitative estimate of drug-likeness (QED) is 0.788. The minimum Gasteiger partial charge on any atom is -0.477 e. The Hall–Kier alpha value is -1.92. The van der Waals surface area contributed by atoms with Gasteiger partial charge in [-0.1, -0.05) is 11.6 Å². The molecule has 96 valence electrons. The van der Waals surface area contributed by atoms with Gasteiger partial charge in [0, 0.05) is 12.6 Å². The van der Waals surface area contributed by atoms with Crippen LogP contribution in [0.3, 0.4) is 0 Å². The zero-order valence-corrected chi connectivity index (χ0v) is 11.4. The van der Waals surface area contributed by atoms with E-state index in [2.05, 4.69) is 8.75 Å². The molecule has 0 unspecified atom stereocenters. The number of halogens is 1. The largest absolute Gasteiger partial charge is 0.477 e. The summed E-state index contributed by atoms with van der Waals surface area (Å²) in [4.78, 5) is 11.1. The van der Waals surface area contributed by atoms with Crippen molar-refractivity contribution in [1.29, 1.82) is 0 Å². The van der Waals surface area contributed by atoms with E-state index in [1.807, 2.05) is 0 Å². The molecule has 0 radical (unpaired) electrons. The number of aromatic carboxylic acids is 1. The molecule has 0 bridgehead atoms. The molecule has 19 heavy (non-hydrogen) atoms. The molecule has 0 spiro atoms. The molecule has 0 amide bonds. The van der Waals surface area contributed by atoms with Gasteiger partial charge in [0.15, 0.2) is 0 Å². The number of benzene rings is 1. The maximum absolute atomic E-state index is 11.1. The molecule has 3 rings (SSSR count). The third-order valence-electron chi connectivity index (χ3n) is 2.97. The van der Waals surface area contributed by atoms with Crippen LogP contribution in [0.2, 0.25) is 5.02 Å². The molecule has 0 fully saturated rings. The molecule has 1 N–H and O–H groups in total. The maximum atomic E-state index is 11.1. The monoisotopic (exact) mass is 293 g/mol. The molecule has 0 atom stereocenters. The van der Waals surface area contributed by atoms with Crippen molar-refractivity contribution in [3.05, 3.63) is 35.0 Å². The number of hydrogen-bond acceptors (Lipinski definition) is 4. The average molecular weight is 294 g/mol. The highest BCUT2D eigenvalue weighted by Crippen LogP contribution is 2.34. The smallest absolute Gasteiger partial charge is 0.352 e. The molecule has 5 nitrogen and oxygen atoms in total. The lowest BCUT2D eigenvalue weighted by Gasteiger charge is -2.07. The first-order valence-electron chi connectivity index (χ1n) is 5.39. The van der Waals surface area contributed by atoms with E-state index < -0.39 is 5.97 Å². The first kappa shape index (κ1) is 12.1. The lowest BCUT2D eigenvalue weighted by molar-refractivity contribution is 0.0687. The van der Waals surface area contributed by atoms with Crippen LogP contribution in [0.15, 0.2) is 24.3 Å². The number of nitrogens with zero attached hydrogens (tertiary/aromatic N) is 3. The van der Waals surface area contributed by atoms with E-state index in [1.165, 1.54) is 0 Å². The summed E-state index contributed by atoms with van der Waals surface area (Å²) in [6.45, 7) is 0. The van der Waals surface area contributed by atoms with Crippen LogP contribution in [0, 0.1) is 0 Å². The van der Waals surface area contributed by atoms with E-state index in [9.17, 15) is 4.79 Å². The van der Waals surface area contributed by atoms with Gasteiger partial charge in [-0.05, 0) is 24.3 Å². The SMILES string of the molecule is Cn1c(C(=O)O)ccc1-c1c(Cl)ccc2nsnc12. The summed E-state index contributed by atoms with van der Waals surface area (Å²) in [5, 5.41) is 9.61. The maximum Gasteiger partial charge on any atom is 0.352 e. The van der Waals surface area contributed by atoms with Crippen LogP contribution in [0.5, 0.6) is 0 Å². The van der Waals surface area contributed by atoms with Gasteiger partial charge >= 0.3 is 5.97 Å². The summed E-state index contributed by atoms with van der Waals surface area (Å²) in [6, 6.07) is 6.82. The van der Waals surface area contributed by atoms with E-state index in [0.29, 0.717) is 21.8 Å². The Morgan fingerprint density at radius 3 is 2.79 bits per heavy atom. The second-order valence-corrected chi connectivity index (χ2v) is 4.96. The topological polar surface area (TPSA) is 68.0 Å². The molecule has 2 aromatic heterocycles. The number of carboxylic acids is 1. The van der Waals surface area contributed by atoms with Gasteiger partial charge in [0.2, 0.25) is 0 Å². The molecule has 2 heterocycles. The molecular weight excluding hydrogens is 286 g/mol. The minimum absolute atomic E-state index is 0.200. The summed E-state index contributed by atoms with van der Waals surface area (Å²) in [6.07, 6.45) is 0. The highest BCUT2D eigenvalue weighted by Gasteiger charge is 2.18. The number of rotatable bonds is 2. The van der Waals surface area contributed by atoms with Gasteiger partial charge in [-0.3, -0.25) is 0 Å². The number of carboxylic acid groups (broad SMARTS) is 1. The van der Waals surface area contributed by atoms with Crippen molar-refractivity contribution in [2.75, 3.05) is 0 Å². The summed E-state index contributed by atoms with van der Waals surface area (Å²) in [5.74, 6) is -0.978. The van der Waals surface area contributed by atoms with Gasteiger partial charge in [0.1, 0.15) is 16.7 Å². The lowest BCUT2D eigenvalue weighted by Crippen LogP contribution is -2.05. The summed E-state index contributed by atoms with van der Waals surface area (Å²) < 4.78 is 9.99. The fraction of sp³-hybridized carbons (Fsp3) is 0.0833. The molecular formula is C12H8ClN3O2S. The first-order chi connectivity index (χ1) is 9.09. The normalized spacial score (nSPS) is 11.1. The van der Waals surface area contributed by atoms with Crippen LogP contribution in [-0.2, 0) is 7.05 Å². The van der Waals surface area contributed by atoms with E-state index in [-0.39, 0.29) is 5.69 Å². The lowest BCUT2D eigenvalue weighted by atomic mass is 10.1. The van der Waals surface area contributed by atoms with Gasteiger partial charge in [0.05, 0.1) is 22.4 Å². The molecule has 1 aromatic carbocycles. The molecule has 0 saturated heterocycles. The number of hydrogen-bond donors (Lipinski definition) is 1. The van der Waals surface area contributed by atoms with Gasteiger partial charge in [-0.25, -0.2) is 4.79 Å². The second kappa shape index (κ2) is 4.32. The van der Waals surface area contributed by atoms with E-state index in [1.54, 1.807) is 35.9 Å². The Kier molecular flexibility index (Phi) is 2.76. The predicted octanol–water partition coefficient (Wildman–Crippen LogP) is 3.05. The Morgan fingerprint density at radius 1 is 1.32 bits per heavy atom. The van der Waals surface area contributed by atoms with Crippen LogP contribution >= 0.6 is 23.3 Å². The number of aromatic nitrogens is 3. The molecule has 3 aromatic rings. The molecule has 0 saturated carbocycles. The van der Waals surface area contributed by atoms with Crippen molar-refractivity contribution in [2.24, 2.45) is 7.05 Å². The average Bonchev–Trinajstić information content (AvgIpc) is 2.96. The van der Waals surface area contributed by atoms with Crippen LogP contribution in [-0.4, -0.2) is 24.4 Å². The summed E-state index contributed by atoms with van der Waals surface area (Å²) in [7, 11) is 1.69. The summed E-state index contributed by atoms with van der Waals surface area (Å²) >= 11 is 7.34. The zero-order valence-electron chi connectivity index (χ0n) is 9.79. The van der Waals surface area contributed by atoms with Gasteiger partial charge in [-0.2, -0.15) is 8.75 Å². The van der Waals surface area contributed by atoms with Crippen molar-refractivity contribution in [1.82, 2.24) is 13.3 Å². The van der Waals surface area contributed by atoms with Gasteiger partial charge < -0.3 is 9.67 Å². The van der Waals surface area contributed by atoms with Crippen molar-refractivity contribution in [3.63, 3.8) is 0 Å². The zero-order chi connectivity index (χ0) is 13.6. The van der Waals surface area contributed by atoms with Gasteiger partial charge in [0.25, 0.3) is 0 Å². The minimum atomic E-state index is -0.978. The van der Waals surface area contributed by atoms with Crippen LogP contribution in [0.25, 0.3) is 22.3 Å². The fourth-order valence-electron chi connectivity index (χ4n) is 2.05. The molecule has 7 heteroatoms.